The van der Waals surface area contributed by atoms with Gasteiger partial charge in [0.1, 0.15) is 11.6 Å². The number of hydrogen-bond donors (Lipinski definition) is 1. The topological polar surface area (TPSA) is 116 Å². The number of H-pyrrole nitrogens is 1. The summed E-state index contributed by atoms with van der Waals surface area (Å²) in [5, 5.41) is 13.9. The number of carbonyl (C=O) groups is 2. The maximum absolute atomic E-state index is 13.9. The lowest BCUT2D eigenvalue weighted by Gasteiger charge is -2.34. The van der Waals surface area contributed by atoms with Gasteiger partial charge >= 0.3 is 5.97 Å². The van der Waals surface area contributed by atoms with E-state index < -0.39 is 17.5 Å². The van der Waals surface area contributed by atoms with Gasteiger partial charge in [0.2, 0.25) is 0 Å². The highest BCUT2D eigenvalue weighted by Gasteiger charge is 2.52. The van der Waals surface area contributed by atoms with E-state index >= 15 is 0 Å². The van der Waals surface area contributed by atoms with Gasteiger partial charge < -0.3 is 14.2 Å². The van der Waals surface area contributed by atoms with Gasteiger partial charge in [-0.2, -0.15) is 0 Å². The van der Waals surface area contributed by atoms with Crippen LogP contribution in [0.15, 0.2) is 48.3 Å². The predicted octanol–water partition coefficient (Wildman–Crippen LogP) is 5.12. The first-order valence-corrected chi connectivity index (χ1v) is 14.1. The zero-order valence-electron chi connectivity index (χ0n) is 23.1. The number of benzene rings is 1. The Morgan fingerprint density at radius 1 is 1.18 bits per heavy atom. The number of carbonyl (C=O) groups excluding carboxylic acids is 2. The zero-order chi connectivity index (χ0) is 27.5. The summed E-state index contributed by atoms with van der Waals surface area (Å²) in [6.07, 6.45) is 13.5. The minimum absolute atomic E-state index is 0.0901. The summed E-state index contributed by atoms with van der Waals surface area (Å²) in [7, 11) is 0. The van der Waals surface area contributed by atoms with Crippen LogP contribution in [0.25, 0.3) is 0 Å². The van der Waals surface area contributed by atoms with Gasteiger partial charge in [-0.15, -0.1) is 5.10 Å². The summed E-state index contributed by atoms with van der Waals surface area (Å²) in [5.41, 5.74) is 1.57. The summed E-state index contributed by atoms with van der Waals surface area (Å²) < 4.78 is 17.9. The lowest BCUT2D eigenvalue weighted by molar-refractivity contribution is -0.160. The van der Waals surface area contributed by atoms with Crippen molar-refractivity contribution in [1.82, 2.24) is 20.6 Å². The van der Waals surface area contributed by atoms with Crippen molar-refractivity contribution in [2.45, 2.75) is 96.9 Å². The molecule has 4 rings (SSSR count). The van der Waals surface area contributed by atoms with E-state index in [1.54, 1.807) is 0 Å². The summed E-state index contributed by atoms with van der Waals surface area (Å²) in [6, 6.07) is 8.46. The van der Waals surface area contributed by atoms with Gasteiger partial charge in [-0.05, 0) is 86.8 Å². The van der Waals surface area contributed by atoms with Gasteiger partial charge in [0.25, 0.3) is 0 Å². The number of esters is 1. The summed E-state index contributed by atoms with van der Waals surface area (Å²) in [6.45, 7) is 4.09. The Kier molecular flexibility index (Phi) is 10.4. The quantitative estimate of drug-likeness (QED) is 0.162. The molecule has 2 fully saturated rings. The van der Waals surface area contributed by atoms with Crippen LogP contribution in [0.3, 0.4) is 0 Å². The molecule has 0 bridgehead atoms. The lowest BCUT2D eigenvalue weighted by atomic mass is 9.78. The van der Waals surface area contributed by atoms with E-state index in [1.165, 1.54) is 18.1 Å². The largest absolute Gasteiger partial charge is 0.469 e. The number of aryl methyl sites for hydroxylation is 3. The molecule has 2 aliphatic rings. The second-order valence-corrected chi connectivity index (χ2v) is 10.5. The average Bonchev–Trinajstić information content (AvgIpc) is 3.55. The number of ketones is 1. The molecule has 2 heterocycles. The lowest BCUT2D eigenvalue weighted by Crippen LogP contribution is -2.37. The van der Waals surface area contributed by atoms with Crippen molar-refractivity contribution in [3.8, 4) is 0 Å². The highest BCUT2D eigenvalue weighted by atomic mass is 16.7. The van der Waals surface area contributed by atoms with E-state index in [4.69, 9.17) is 14.2 Å². The number of allylic oxidation sites excluding steroid dienone is 4. The van der Waals surface area contributed by atoms with Crippen molar-refractivity contribution < 1.29 is 23.8 Å². The maximum Gasteiger partial charge on any atom is 0.303 e. The number of nitrogens with zero attached hydrogens (tertiary/aromatic N) is 3. The molecule has 1 N–H and O–H groups in total. The Balaban J connectivity index is 1.53. The fourth-order valence-corrected chi connectivity index (χ4v) is 5.41. The molecule has 210 valence electrons. The van der Waals surface area contributed by atoms with E-state index in [0.717, 1.165) is 57.2 Å². The fourth-order valence-electron chi connectivity index (χ4n) is 5.41. The highest BCUT2D eigenvalue weighted by Crippen LogP contribution is 2.47. The molecule has 1 aliphatic carbocycles. The van der Waals surface area contributed by atoms with Gasteiger partial charge in [0.05, 0.1) is 12.0 Å². The molecule has 39 heavy (non-hydrogen) atoms. The van der Waals surface area contributed by atoms with Crippen LogP contribution in [0.2, 0.25) is 0 Å². The Morgan fingerprint density at radius 2 is 2.08 bits per heavy atom. The number of nitrogens with one attached hydrogen (secondary N) is 1. The molecule has 1 aromatic carbocycles. The van der Waals surface area contributed by atoms with Crippen molar-refractivity contribution >= 4 is 11.8 Å². The molecule has 3 atom stereocenters. The molecule has 0 spiro atoms. The summed E-state index contributed by atoms with van der Waals surface area (Å²) >= 11 is 0. The first-order valence-electron chi connectivity index (χ1n) is 14.1. The summed E-state index contributed by atoms with van der Waals surface area (Å²) in [4.78, 5) is 25.7. The van der Waals surface area contributed by atoms with Crippen LogP contribution in [0.1, 0.15) is 81.7 Å². The number of unbranched alkanes of at least 4 members (excludes halogenated alkanes) is 1. The van der Waals surface area contributed by atoms with Gasteiger partial charge in [-0.3, -0.25) is 9.59 Å². The van der Waals surface area contributed by atoms with Crippen LogP contribution in [0.4, 0.5) is 0 Å². The Morgan fingerprint density at radius 3 is 2.82 bits per heavy atom. The second-order valence-electron chi connectivity index (χ2n) is 10.5. The van der Waals surface area contributed by atoms with Gasteiger partial charge in [-0.1, -0.05) is 42.0 Å². The number of tetrazole rings is 1. The molecular weight excluding hydrogens is 496 g/mol. The van der Waals surface area contributed by atoms with Crippen molar-refractivity contribution in [2.75, 3.05) is 6.61 Å². The molecule has 0 radical (unpaired) electrons. The molecule has 1 aliphatic heterocycles. The molecular formula is C30H40N4O5. The van der Waals surface area contributed by atoms with E-state index in [-0.39, 0.29) is 12.1 Å². The molecule has 2 aromatic rings. The monoisotopic (exact) mass is 536 g/mol. The Labute approximate surface area is 230 Å². The third kappa shape index (κ3) is 8.08. The third-order valence-corrected chi connectivity index (χ3v) is 7.43. The Bertz CT molecular complexity index is 1140. The first-order chi connectivity index (χ1) is 19.0. The van der Waals surface area contributed by atoms with E-state index in [9.17, 15) is 9.59 Å². The normalized spacial score (nSPS) is 23.8. The average molecular weight is 537 g/mol. The molecule has 1 saturated carbocycles. The summed E-state index contributed by atoms with van der Waals surface area (Å²) in [5.74, 6) is 0.879. The SMILES string of the molecule is CC(=O)O[C@H]1CC[C@](C/C=C\CCCc2nnn[nH]2)(C(=CCCc2cccc(C)c2)OC2CCCCO2)C1=O. The second kappa shape index (κ2) is 14.2. The molecule has 9 nitrogen and oxygen atoms in total. The zero-order valence-corrected chi connectivity index (χ0v) is 23.1. The number of rotatable bonds is 13. The van der Waals surface area contributed by atoms with Crippen LogP contribution in [-0.2, 0) is 36.6 Å². The van der Waals surface area contributed by atoms with Gasteiger partial charge in [0, 0.05) is 19.8 Å². The molecule has 1 aromatic heterocycles. The van der Waals surface area contributed by atoms with Gasteiger partial charge in [-0.25, -0.2) is 5.10 Å². The number of Topliss-reactive ketones (excluding diaryl/α,β-unsaturated/α-hetero) is 1. The van der Waals surface area contributed by atoms with Crippen molar-refractivity contribution in [3.63, 3.8) is 0 Å². The highest BCUT2D eigenvalue weighted by molar-refractivity contribution is 5.94. The van der Waals surface area contributed by atoms with E-state index in [0.29, 0.717) is 31.6 Å². The van der Waals surface area contributed by atoms with Crippen molar-refractivity contribution in [1.29, 1.82) is 0 Å². The van der Waals surface area contributed by atoms with Crippen molar-refractivity contribution in [3.05, 3.63) is 65.2 Å². The minimum Gasteiger partial charge on any atom is -0.469 e. The van der Waals surface area contributed by atoms with Crippen LogP contribution < -0.4 is 0 Å². The number of hydrogen-bond acceptors (Lipinski definition) is 8. The molecule has 1 unspecified atom stereocenters. The third-order valence-electron chi connectivity index (χ3n) is 7.43. The van der Waals surface area contributed by atoms with Gasteiger partial charge in [0.15, 0.2) is 18.2 Å². The Hall–Kier alpha value is -3.33. The fraction of sp³-hybridized carbons (Fsp3) is 0.567. The number of ether oxygens (including phenoxy) is 3. The van der Waals surface area contributed by atoms with Crippen LogP contribution in [0.5, 0.6) is 0 Å². The van der Waals surface area contributed by atoms with Crippen molar-refractivity contribution in [2.24, 2.45) is 5.41 Å². The van der Waals surface area contributed by atoms with E-state index in [2.05, 4.69) is 70.0 Å². The predicted molar refractivity (Wildman–Crippen MR) is 145 cm³/mol. The standard InChI is InChI=1S/C30H40N4O5/c1-22-11-9-12-24(21-22)13-10-14-26(39-28-16-6-8-20-37-28)30(19-17-25(29(30)36)38-23(2)35)18-7-4-3-5-15-27-31-33-34-32-27/h4,7,9,11-12,14,21,25,28H,3,5-6,8,10,13,15-20H2,1-2H3,(H,31,32,33,34)/b7-4-,26-14?/t25-,28?,30+/m0/s1. The number of aromatic nitrogens is 4. The minimum atomic E-state index is -0.890. The number of aromatic amines is 1. The van der Waals surface area contributed by atoms with Crippen LogP contribution >= 0.6 is 0 Å². The van der Waals surface area contributed by atoms with Crippen LogP contribution in [0, 0.1) is 12.3 Å². The molecule has 9 heteroatoms. The molecule has 0 amide bonds. The van der Waals surface area contributed by atoms with E-state index in [1.807, 2.05) is 0 Å². The molecule has 1 saturated heterocycles. The van der Waals surface area contributed by atoms with Crippen LogP contribution in [-0.4, -0.2) is 51.4 Å². The first kappa shape index (κ1) is 28.7. The maximum atomic E-state index is 13.9. The smallest absolute Gasteiger partial charge is 0.303 e.